The summed E-state index contributed by atoms with van der Waals surface area (Å²) in [4.78, 5) is 15.5. The molecule has 2 aromatic carbocycles. The highest BCUT2D eigenvalue weighted by Gasteiger charge is 2.32. The summed E-state index contributed by atoms with van der Waals surface area (Å²) >= 11 is 0. The minimum Gasteiger partial charge on any atom is -0.491 e. The van der Waals surface area contributed by atoms with Gasteiger partial charge in [-0.3, -0.25) is 0 Å². The maximum Gasteiger partial charge on any atom is 0.362 e. The van der Waals surface area contributed by atoms with E-state index in [0.717, 1.165) is 29.7 Å². The van der Waals surface area contributed by atoms with Crippen LogP contribution < -0.4 is 15.4 Å². The van der Waals surface area contributed by atoms with Gasteiger partial charge >= 0.3 is 5.97 Å². The molecule has 0 radical (unpaired) electrons. The fourth-order valence-corrected chi connectivity index (χ4v) is 4.04. The molecule has 2 aromatic rings. The van der Waals surface area contributed by atoms with Crippen molar-refractivity contribution in [1.82, 2.24) is 0 Å². The monoisotopic (exact) mass is 457 g/mol. The Morgan fingerprint density at radius 2 is 1.42 bits per heavy atom. The molecule has 1 atom stereocenters. The van der Waals surface area contributed by atoms with Crippen LogP contribution in [0.25, 0.3) is 0 Å². The van der Waals surface area contributed by atoms with Gasteiger partial charge in [-0.1, -0.05) is 58.9 Å². The van der Waals surface area contributed by atoms with Crippen molar-refractivity contribution in [2.45, 2.75) is 72.8 Å². The Morgan fingerprint density at radius 3 is 1.82 bits per heavy atom. The predicted molar refractivity (Wildman–Crippen MR) is 130 cm³/mol. The number of hydrogen-bond donors (Lipinski definition) is 2. The highest BCUT2D eigenvalue weighted by Crippen LogP contribution is 2.41. The quantitative estimate of drug-likeness (QED) is 0.489. The largest absolute Gasteiger partial charge is 0.491 e. The Hall–Kier alpha value is -2.57. The van der Waals surface area contributed by atoms with Crippen molar-refractivity contribution in [3.05, 3.63) is 58.7 Å². The minimum atomic E-state index is -0.622. The van der Waals surface area contributed by atoms with E-state index in [0.29, 0.717) is 5.75 Å². The van der Waals surface area contributed by atoms with Crippen molar-refractivity contribution in [3.8, 4) is 11.5 Å². The normalized spacial score (nSPS) is 12.9. The smallest absolute Gasteiger partial charge is 0.362 e. The highest BCUT2D eigenvalue weighted by atomic mass is 16.7. The lowest BCUT2D eigenvalue weighted by Crippen LogP contribution is -2.32. The van der Waals surface area contributed by atoms with Crippen LogP contribution in [0.15, 0.2) is 36.4 Å². The molecule has 182 valence electrons. The average Bonchev–Trinajstić information content (AvgIpc) is 2.78. The second-order valence-electron chi connectivity index (χ2n) is 9.72. The van der Waals surface area contributed by atoms with Gasteiger partial charge in [-0.25, -0.2) is 4.79 Å². The summed E-state index contributed by atoms with van der Waals surface area (Å²) in [6.07, 6.45) is 1.30. The van der Waals surface area contributed by atoms with Gasteiger partial charge in [0.25, 0.3) is 0 Å². The zero-order valence-corrected chi connectivity index (χ0v) is 21.0. The van der Waals surface area contributed by atoms with Gasteiger partial charge in [-0.15, -0.1) is 0 Å². The third-order valence-electron chi connectivity index (χ3n) is 6.54. The first-order chi connectivity index (χ1) is 15.5. The summed E-state index contributed by atoms with van der Waals surface area (Å²) in [7, 11) is 0. The summed E-state index contributed by atoms with van der Waals surface area (Å²) < 4.78 is 11.5. The van der Waals surface area contributed by atoms with E-state index >= 15 is 0 Å². The number of aliphatic hydroxyl groups excluding tert-OH is 1. The van der Waals surface area contributed by atoms with E-state index < -0.39 is 12.1 Å². The van der Waals surface area contributed by atoms with Crippen LogP contribution in [-0.4, -0.2) is 30.4 Å². The molecule has 0 aliphatic heterocycles. The predicted octanol–water partition coefficient (Wildman–Crippen LogP) is 4.99. The van der Waals surface area contributed by atoms with Crippen LogP contribution in [0, 0.1) is 19.3 Å². The zero-order chi connectivity index (χ0) is 24.8. The fourth-order valence-electron chi connectivity index (χ4n) is 4.04. The van der Waals surface area contributed by atoms with Gasteiger partial charge in [0.15, 0.2) is 6.61 Å². The maximum atomic E-state index is 11.3. The molecule has 0 saturated heterocycles. The average molecular weight is 458 g/mol. The van der Waals surface area contributed by atoms with E-state index in [9.17, 15) is 9.90 Å². The summed E-state index contributed by atoms with van der Waals surface area (Å²) in [6.45, 7) is 14.4. The number of aryl methyl sites for hydroxylation is 2. The molecule has 33 heavy (non-hydrogen) atoms. The van der Waals surface area contributed by atoms with Crippen LogP contribution in [0.1, 0.15) is 69.7 Å². The second kappa shape index (κ2) is 11.0. The van der Waals surface area contributed by atoms with Gasteiger partial charge < -0.3 is 19.4 Å². The Morgan fingerprint density at radius 1 is 0.939 bits per heavy atom. The van der Waals surface area contributed by atoms with Crippen LogP contribution in [-0.2, 0) is 15.0 Å². The molecule has 0 aliphatic carbocycles. The van der Waals surface area contributed by atoms with Crippen LogP contribution in [0.2, 0.25) is 0 Å². The lowest BCUT2D eigenvalue weighted by Gasteiger charge is -2.34. The fraction of sp³-hybridized carbons (Fsp3) is 0.519. The summed E-state index contributed by atoms with van der Waals surface area (Å²) in [5.74, 6) is 5.67. The summed E-state index contributed by atoms with van der Waals surface area (Å²) in [5, 5.41) is 10.3. The lowest BCUT2D eigenvalue weighted by atomic mass is 9.70. The van der Waals surface area contributed by atoms with Crippen LogP contribution in [0.3, 0.4) is 0 Å². The summed E-state index contributed by atoms with van der Waals surface area (Å²) in [6, 6.07) is 12.4. The van der Waals surface area contributed by atoms with Crippen molar-refractivity contribution in [2.24, 2.45) is 11.3 Å². The first-order valence-electron chi connectivity index (χ1n) is 11.5. The third-order valence-corrected chi connectivity index (χ3v) is 6.54. The Balaban J connectivity index is 2.32. The van der Waals surface area contributed by atoms with Crippen molar-refractivity contribution in [3.63, 3.8) is 0 Å². The molecule has 3 N–H and O–H groups in total. The lowest BCUT2D eigenvalue weighted by molar-refractivity contribution is -0.146. The van der Waals surface area contributed by atoms with Gasteiger partial charge in [0.05, 0.1) is 6.10 Å². The van der Waals surface area contributed by atoms with E-state index in [2.05, 4.69) is 43.0 Å². The van der Waals surface area contributed by atoms with E-state index in [1.807, 2.05) is 46.8 Å². The Kier molecular flexibility index (Phi) is 8.92. The molecule has 0 amide bonds. The molecule has 0 heterocycles. The molecular formula is C27H39NO5. The molecule has 6 heteroatoms. The molecule has 0 bridgehead atoms. The number of carbonyl (C=O) groups is 1. The van der Waals surface area contributed by atoms with E-state index in [-0.39, 0.29) is 24.0 Å². The summed E-state index contributed by atoms with van der Waals surface area (Å²) in [5.41, 5.74) is 3.98. The van der Waals surface area contributed by atoms with E-state index in [1.54, 1.807) is 0 Å². The Bertz CT molecular complexity index is 944. The standard InChI is InChI=1S/C27H39NO5/c1-8-27(9-2,21-11-13-23(19(4)15-21)32-17-25(30)33-28)20-10-12-22(18(3)14-20)31-16-24(29)26(5,6)7/h10-15,24,29H,8-9,16-17,28H2,1-7H3/t24-/m0/s1. The number of ether oxygens (including phenoxy) is 2. The minimum absolute atomic E-state index is 0.173. The van der Waals surface area contributed by atoms with Crippen LogP contribution >= 0.6 is 0 Å². The van der Waals surface area contributed by atoms with E-state index in [1.165, 1.54) is 11.1 Å². The van der Waals surface area contributed by atoms with Gasteiger partial charge in [-0.2, -0.15) is 5.90 Å². The molecule has 0 aromatic heterocycles. The maximum absolute atomic E-state index is 11.3. The number of rotatable bonds is 10. The van der Waals surface area contributed by atoms with Gasteiger partial charge in [-0.05, 0) is 66.5 Å². The van der Waals surface area contributed by atoms with Crippen molar-refractivity contribution in [1.29, 1.82) is 0 Å². The van der Waals surface area contributed by atoms with E-state index in [4.69, 9.17) is 15.4 Å². The zero-order valence-electron chi connectivity index (χ0n) is 21.0. The van der Waals surface area contributed by atoms with Gasteiger partial charge in [0, 0.05) is 5.41 Å². The third kappa shape index (κ3) is 6.27. The van der Waals surface area contributed by atoms with Crippen LogP contribution in [0.5, 0.6) is 11.5 Å². The first kappa shape index (κ1) is 26.7. The molecule has 6 nitrogen and oxygen atoms in total. The Labute approximate surface area is 198 Å². The van der Waals surface area contributed by atoms with Crippen molar-refractivity contribution in [2.75, 3.05) is 13.2 Å². The van der Waals surface area contributed by atoms with Crippen molar-refractivity contribution >= 4 is 5.97 Å². The number of benzene rings is 2. The molecule has 0 saturated carbocycles. The molecule has 0 aliphatic rings. The van der Waals surface area contributed by atoms with Crippen LogP contribution in [0.4, 0.5) is 0 Å². The molecule has 0 fully saturated rings. The van der Waals surface area contributed by atoms with Gasteiger partial charge in [0.2, 0.25) is 0 Å². The van der Waals surface area contributed by atoms with Crippen molar-refractivity contribution < 1.29 is 24.2 Å². The highest BCUT2D eigenvalue weighted by molar-refractivity contribution is 5.70. The molecular weight excluding hydrogens is 418 g/mol. The molecule has 0 spiro atoms. The molecule has 2 rings (SSSR count). The number of nitrogens with two attached hydrogens (primary N) is 1. The SMILES string of the molecule is CCC(CC)(c1ccc(OCC(=O)ON)c(C)c1)c1ccc(OC[C@H](O)C(C)(C)C)c(C)c1. The first-order valence-corrected chi connectivity index (χ1v) is 11.5. The number of hydrogen-bond acceptors (Lipinski definition) is 6. The topological polar surface area (TPSA) is 91.0 Å². The number of carbonyl (C=O) groups excluding carboxylic acids is 1. The second-order valence-corrected chi connectivity index (χ2v) is 9.72. The van der Waals surface area contributed by atoms with Gasteiger partial charge in [0.1, 0.15) is 18.1 Å². The number of aliphatic hydroxyl groups is 1. The molecule has 0 unspecified atom stereocenters.